The summed E-state index contributed by atoms with van der Waals surface area (Å²) < 4.78 is 5.15. The van der Waals surface area contributed by atoms with Crippen LogP contribution in [-0.4, -0.2) is 8.80 Å². The number of hydrogen-bond donors (Lipinski definition) is 0. The van der Waals surface area contributed by atoms with E-state index in [1.54, 1.807) is 0 Å². The molecule has 0 fully saturated rings. The highest BCUT2D eigenvalue weighted by Gasteiger charge is 2.28. The molecule has 0 unspecified atom stereocenters. The molecule has 4 aromatic heterocycles. The van der Waals surface area contributed by atoms with E-state index in [9.17, 15) is 0 Å². The molecule has 0 amide bonds. The zero-order chi connectivity index (χ0) is 40.2. The van der Waals surface area contributed by atoms with E-state index in [1.165, 1.54) is 98.4 Å². The van der Waals surface area contributed by atoms with Crippen LogP contribution in [-0.2, 0) is 16.2 Å². The molecule has 3 heteroatoms. The average molecular weight is 754 g/mol. The highest BCUT2D eigenvalue weighted by atomic mass is 15.1. The van der Waals surface area contributed by atoms with Crippen molar-refractivity contribution in [1.82, 2.24) is 8.80 Å². The largest absolute Gasteiger partial charge is 0.310 e. The molecule has 0 saturated heterocycles. The molecule has 3 nitrogen and oxygen atoms in total. The van der Waals surface area contributed by atoms with Crippen LogP contribution in [0.5, 0.6) is 0 Å². The first-order valence-electron chi connectivity index (χ1n) is 20.9. The lowest BCUT2D eigenvalue weighted by atomic mass is 9.84. The summed E-state index contributed by atoms with van der Waals surface area (Å²) in [5.41, 5.74) is 16.5. The normalized spacial score (nSPS) is 13.3. The highest BCUT2D eigenvalue weighted by molar-refractivity contribution is 6.29. The van der Waals surface area contributed by atoms with Crippen molar-refractivity contribution < 1.29 is 0 Å². The molecule has 0 aliphatic rings. The van der Waals surface area contributed by atoms with Crippen LogP contribution < -0.4 is 4.90 Å². The van der Waals surface area contributed by atoms with Gasteiger partial charge in [0.2, 0.25) is 0 Å². The lowest BCUT2D eigenvalue weighted by molar-refractivity contribution is 0.590. The zero-order valence-electron chi connectivity index (χ0n) is 35.5. The molecule has 11 rings (SSSR count). The van der Waals surface area contributed by atoms with Gasteiger partial charge in [-0.3, -0.25) is 0 Å². The maximum absolute atomic E-state index is 2.58. The summed E-state index contributed by atoms with van der Waals surface area (Å²) in [6.07, 6.45) is 0. The highest BCUT2D eigenvalue weighted by Crippen LogP contribution is 2.48. The third kappa shape index (κ3) is 4.92. The first-order valence-corrected chi connectivity index (χ1v) is 20.9. The number of aromatic nitrogens is 2. The van der Waals surface area contributed by atoms with E-state index in [0.29, 0.717) is 0 Å². The number of anilines is 3. The van der Waals surface area contributed by atoms with Crippen LogP contribution in [0.1, 0.15) is 84.6 Å². The van der Waals surface area contributed by atoms with Crippen molar-refractivity contribution in [3.05, 3.63) is 150 Å². The van der Waals surface area contributed by atoms with Gasteiger partial charge in [-0.15, -0.1) is 0 Å². The van der Waals surface area contributed by atoms with Crippen LogP contribution in [0, 0.1) is 6.92 Å². The number of aryl methyl sites for hydroxylation is 1. The summed E-state index contributed by atoms with van der Waals surface area (Å²) in [5, 5.41) is 10.6. The fourth-order valence-electron chi connectivity index (χ4n) is 9.76. The van der Waals surface area contributed by atoms with Gasteiger partial charge in [0.25, 0.3) is 0 Å². The quantitative estimate of drug-likeness (QED) is 0.175. The topological polar surface area (TPSA) is 12.1 Å². The average Bonchev–Trinajstić information content (AvgIpc) is 3.89. The standard InChI is InChI=1S/C55H51N3/c1-32-16-19-37(20-17-32)56(36-14-12-11-13-15-36)38-21-22-39-43-25-34(54(5,6)7)27-45-42-30-49-41(31-50(42)58(51(43)45)48(39)29-38)46-28-35(55(8,9)10)26-44-40-24-33(53(2,3)4)18-23-47(40)57(49)52(44)46/h11-31H,1-10H3. The van der Waals surface area contributed by atoms with E-state index in [-0.39, 0.29) is 16.2 Å². The molecule has 0 spiro atoms. The minimum Gasteiger partial charge on any atom is -0.310 e. The first kappa shape index (κ1) is 35.1. The van der Waals surface area contributed by atoms with Crippen molar-refractivity contribution in [3.8, 4) is 0 Å². The van der Waals surface area contributed by atoms with Crippen LogP contribution in [0.4, 0.5) is 17.1 Å². The van der Waals surface area contributed by atoms with Crippen LogP contribution in [0.25, 0.3) is 76.2 Å². The third-order valence-corrected chi connectivity index (χ3v) is 13.0. The van der Waals surface area contributed by atoms with Crippen LogP contribution in [0.15, 0.2) is 127 Å². The van der Waals surface area contributed by atoms with Gasteiger partial charge >= 0.3 is 0 Å². The van der Waals surface area contributed by atoms with Crippen molar-refractivity contribution >= 4 is 93.3 Å². The fourth-order valence-corrected chi connectivity index (χ4v) is 9.76. The summed E-state index contributed by atoms with van der Waals surface area (Å²) >= 11 is 0. The summed E-state index contributed by atoms with van der Waals surface area (Å²) in [6.45, 7) is 23.2. The summed E-state index contributed by atoms with van der Waals surface area (Å²) in [5.74, 6) is 0. The molecular weight excluding hydrogens is 703 g/mol. The Balaban J connectivity index is 1.29. The zero-order valence-corrected chi connectivity index (χ0v) is 35.5. The van der Waals surface area contributed by atoms with E-state index in [2.05, 4.69) is 210 Å². The maximum Gasteiger partial charge on any atom is 0.0620 e. The van der Waals surface area contributed by atoms with E-state index in [4.69, 9.17) is 0 Å². The third-order valence-electron chi connectivity index (χ3n) is 13.0. The number of para-hydroxylation sites is 1. The number of rotatable bonds is 3. The van der Waals surface area contributed by atoms with Gasteiger partial charge in [0.05, 0.1) is 33.1 Å². The number of fused-ring (bicyclic) bond motifs is 12. The number of benzene rings is 7. The lowest BCUT2D eigenvalue weighted by Gasteiger charge is -2.25. The van der Waals surface area contributed by atoms with E-state index >= 15 is 0 Å². The molecule has 0 aliphatic carbocycles. The van der Waals surface area contributed by atoms with Crippen molar-refractivity contribution in [2.24, 2.45) is 0 Å². The number of nitrogens with zero attached hydrogens (tertiary/aromatic N) is 3. The second kappa shape index (κ2) is 11.5. The van der Waals surface area contributed by atoms with Crippen molar-refractivity contribution in [1.29, 1.82) is 0 Å². The van der Waals surface area contributed by atoms with Gasteiger partial charge in [-0.1, -0.05) is 110 Å². The van der Waals surface area contributed by atoms with Gasteiger partial charge in [0.15, 0.2) is 0 Å². The predicted octanol–water partition coefficient (Wildman–Crippen LogP) is 15.7. The maximum atomic E-state index is 2.58. The molecule has 0 N–H and O–H groups in total. The van der Waals surface area contributed by atoms with Crippen molar-refractivity contribution in [2.45, 2.75) is 85.5 Å². The Morgan fingerprint density at radius 1 is 0.345 bits per heavy atom. The minimum atomic E-state index is -0.0127. The summed E-state index contributed by atoms with van der Waals surface area (Å²) in [6, 6.07) is 48.9. The van der Waals surface area contributed by atoms with Gasteiger partial charge in [-0.25, -0.2) is 0 Å². The molecule has 286 valence electrons. The van der Waals surface area contributed by atoms with E-state index in [1.807, 2.05) is 0 Å². The Labute approximate surface area is 340 Å². The van der Waals surface area contributed by atoms with Gasteiger partial charge in [-0.05, 0) is 125 Å². The first-order chi connectivity index (χ1) is 27.6. The van der Waals surface area contributed by atoms with E-state index in [0.717, 1.165) is 17.1 Å². The van der Waals surface area contributed by atoms with E-state index < -0.39 is 0 Å². The molecule has 7 aromatic carbocycles. The Morgan fingerprint density at radius 2 is 0.776 bits per heavy atom. The van der Waals surface area contributed by atoms with Gasteiger partial charge in [0.1, 0.15) is 0 Å². The van der Waals surface area contributed by atoms with Gasteiger partial charge in [-0.2, -0.15) is 0 Å². The summed E-state index contributed by atoms with van der Waals surface area (Å²) in [7, 11) is 0. The Bertz CT molecular complexity index is 3430. The van der Waals surface area contributed by atoms with Crippen molar-refractivity contribution in [2.75, 3.05) is 4.90 Å². The summed E-state index contributed by atoms with van der Waals surface area (Å²) in [4.78, 5) is 2.39. The van der Waals surface area contributed by atoms with Crippen LogP contribution in [0.2, 0.25) is 0 Å². The van der Waals surface area contributed by atoms with Crippen LogP contribution >= 0.6 is 0 Å². The molecule has 0 saturated carbocycles. The Morgan fingerprint density at radius 3 is 1.31 bits per heavy atom. The smallest absolute Gasteiger partial charge is 0.0620 e. The molecule has 0 radical (unpaired) electrons. The lowest BCUT2D eigenvalue weighted by Crippen LogP contribution is -2.11. The Kier molecular flexibility index (Phi) is 6.99. The molecule has 11 aromatic rings. The second-order valence-electron chi connectivity index (χ2n) is 20.1. The second-order valence-corrected chi connectivity index (χ2v) is 20.1. The predicted molar refractivity (Wildman–Crippen MR) is 251 cm³/mol. The number of hydrogen-bond acceptors (Lipinski definition) is 1. The SMILES string of the molecule is Cc1ccc(N(c2ccccc2)c2ccc3c4cc(C(C)(C)C)cc5c6cc7c(cc6n(c3c2)c45)c2cc(C(C)(C)C)cc3c4cc(C(C)(C)C)ccc4n7c32)cc1. The monoisotopic (exact) mass is 753 g/mol. The Hall–Kier alpha value is -6.06. The molecule has 0 bridgehead atoms. The van der Waals surface area contributed by atoms with Crippen molar-refractivity contribution in [3.63, 3.8) is 0 Å². The minimum absolute atomic E-state index is 0.00109. The molecule has 0 atom stereocenters. The van der Waals surface area contributed by atoms with Gasteiger partial charge in [0, 0.05) is 60.2 Å². The molecule has 4 heterocycles. The molecule has 58 heavy (non-hydrogen) atoms. The molecular formula is C55H51N3. The molecule has 0 aliphatic heterocycles. The fraction of sp³-hybridized carbons (Fsp3) is 0.236. The van der Waals surface area contributed by atoms with Gasteiger partial charge < -0.3 is 13.7 Å². The van der Waals surface area contributed by atoms with Crippen LogP contribution in [0.3, 0.4) is 0 Å².